The van der Waals surface area contributed by atoms with Gasteiger partial charge in [-0.15, -0.1) is 11.3 Å². The summed E-state index contributed by atoms with van der Waals surface area (Å²) in [5, 5.41) is 2.61. The summed E-state index contributed by atoms with van der Waals surface area (Å²) in [6, 6.07) is 0. The molecule has 6 heteroatoms. The number of hydrogen-bond acceptors (Lipinski definition) is 4. The Hall–Kier alpha value is -0.750. The van der Waals surface area contributed by atoms with Gasteiger partial charge in [0.1, 0.15) is 0 Å². The Kier molecular flexibility index (Phi) is 4.04. The molecule has 1 aromatic rings. The van der Waals surface area contributed by atoms with Crippen molar-refractivity contribution in [3.63, 3.8) is 0 Å². The molecule has 13 heavy (non-hydrogen) atoms. The molecule has 4 nitrogen and oxygen atoms in total. The minimum absolute atomic E-state index is 0.0593. The minimum Gasteiger partial charge on any atom is -0.370 e. The fourth-order valence-corrected chi connectivity index (χ4v) is 2.10. The van der Waals surface area contributed by atoms with Crippen molar-refractivity contribution in [2.75, 3.05) is 5.75 Å². The van der Waals surface area contributed by atoms with Crippen LogP contribution in [-0.2, 0) is 5.75 Å². The molecule has 0 radical (unpaired) electrons. The average Bonchev–Trinajstić information content (AvgIpc) is 2.48. The average molecular weight is 216 g/mol. The molecule has 0 bridgehead atoms. The smallest absolute Gasteiger partial charge is 0.212 e. The van der Waals surface area contributed by atoms with Gasteiger partial charge < -0.3 is 11.5 Å². The Morgan fingerprint density at radius 3 is 3.08 bits per heavy atom. The Balaban J connectivity index is 2.58. The standard InChI is InChI=1S/C7H12N4S2/c1-2-12-3-5-4-13-7(10-5)11-6(8)9/h4H,2-3H2,1H3,(H4,8,9,10,11). The zero-order chi connectivity index (χ0) is 9.68. The summed E-state index contributed by atoms with van der Waals surface area (Å²) in [7, 11) is 0. The van der Waals surface area contributed by atoms with Crippen molar-refractivity contribution in [2.24, 2.45) is 16.5 Å². The molecule has 0 aliphatic heterocycles. The predicted octanol–water partition coefficient (Wildman–Crippen LogP) is 1.30. The lowest BCUT2D eigenvalue weighted by Crippen LogP contribution is -2.21. The van der Waals surface area contributed by atoms with E-state index in [-0.39, 0.29) is 5.96 Å². The molecule has 0 spiro atoms. The Morgan fingerprint density at radius 1 is 1.69 bits per heavy atom. The van der Waals surface area contributed by atoms with Crippen molar-refractivity contribution in [1.82, 2.24) is 4.98 Å². The lowest BCUT2D eigenvalue weighted by molar-refractivity contribution is 1.21. The van der Waals surface area contributed by atoms with Gasteiger partial charge in [-0.3, -0.25) is 0 Å². The summed E-state index contributed by atoms with van der Waals surface area (Å²) in [4.78, 5) is 8.10. The van der Waals surface area contributed by atoms with Crippen LogP contribution in [0.25, 0.3) is 0 Å². The molecule has 0 aliphatic carbocycles. The van der Waals surface area contributed by atoms with E-state index in [1.165, 1.54) is 11.3 Å². The molecular formula is C7H12N4S2. The first-order valence-corrected chi connectivity index (χ1v) is 5.87. The van der Waals surface area contributed by atoms with E-state index in [4.69, 9.17) is 11.5 Å². The molecule has 4 N–H and O–H groups in total. The quantitative estimate of drug-likeness (QED) is 0.587. The molecule has 72 valence electrons. The van der Waals surface area contributed by atoms with Crippen molar-refractivity contribution in [3.05, 3.63) is 11.1 Å². The second-order valence-electron chi connectivity index (χ2n) is 2.30. The number of nitrogens with two attached hydrogens (primary N) is 2. The van der Waals surface area contributed by atoms with Gasteiger partial charge in [-0.1, -0.05) is 6.92 Å². The van der Waals surface area contributed by atoms with Crippen molar-refractivity contribution in [2.45, 2.75) is 12.7 Å². The molecule has 1 heterocycles. The number of thioether (sulfide) groups is 1. The first-order valence-electron chi connectivity index (χ1n) is 3.84. The summed E-state index contributed by atoms with van der Waals surface area (Å²) >= 11 is 3.28. The zero-order valence-corrected chi connectivity index (χ0v) is 8.99. The second-order valence-corrected chi connectivity index (χ2v) is 4.41. The van der Waals surface area contributed by atoms with Gasteiger partial charge in [0, 0.05) is 11.1 Å². The maximum atomic E-state index is 5.22. The fraction of sp³-hybridized carbons (Fsp3) is 0.429. The number of guanidine groups is 1. The van der Waals surface area contributed by atoms with Gasteiger partial charge in [0.2, 0.25) is 5.13 Å². The summed E-state index contributed by atoms with van der Waals surface area (Å²) in [5.41, 5.74) is 11.5. The lowest BCUT2D eigenvalue weighted by atomic mass is 10.6. The highest BCUT2D eigenvalue weighted by Gasteiger charge is 1.99. The van der Waals surface area contributed by atoms with Crippen molar-refractivity contribution < 1.29 is 0 Å². The SMILES string of the molecule is CCSCc1csc(N=C(N)N)n1. The molecule has 0 amide bonds. The summed E-state index contributed by atoms with van der Waals surface area (Å²) in [5.74, 6) is 2.08. The van der Waals surface area contributed by atoms with Gasteiger partial charge in [-0.25, -0.2) is 4.98 Å². The van der Waals surface area contributed by atoms with Gasteiger partial charge in [-0.2, -0.15) is 16.8 Å². The van der Waals surface area contributed by atoms with E-state index in [0.29, 0.717) is 5.13 Å². The molecule has 0 saturated carbocycles. The van der Waals surface area contributed by atoms with E-state index in [0.717, 1.165) is 17.2 Å². The number of rotatable bonds is 4. The Bertz CT molecular complexity index is 290. The summed E-state index contributed by atoms with van der Waals surface area (Å²) < 4.78 is 0. The zero-order valence-electron chi connectivity index (χ0n) is 7.36. The highest BCUT2D eigenvalue weighted by molar-refractivity contribution is 7.98. The van der Waals surface area contributed by atoms with Crippen LogP contribution in [0.4, 0.5) is 5.13 Å². The van der Waals surface area contributed by atoms with E-state index in [1.54, 1.807) is 0 Å². The largest absolute Gasteiger partial charge is 0.370 e. The molecule has 0 saturated heterocycles. The second kappa shape index (κ2) is 5.08. The van der Waals surface area contributed by atoms with Crippen LogP contribution in [0.2, 0.25) is 0 Å². The van der Waals surface area contributed by atoms with Crippen LogP contribution in [-0.4, -0.2) is 16.7 Å². The van der Waals surface area contributed by atoms with Crippen LogP contribution < -0.4 is 11.5 Å². The number of aliphatic imine (C=N–C) groups is 1. The number of hydrogen-bond donors (Lipinski definition) is 2. The highest BCUT2D eigenvalue weighted by atomic mass is 32.2. The van der Waals surface area contributed by atoms with Gasteiger partial charge in [-0.05, 0) is 5.75 Å². The van der Waals surface area contributed by atoms with Crippen LogP contribution in [0, 0.1) is 0 Å². The van der Waals surface area contributed by atoms with E-state index >= 15 is 0 Å². The molecule has 0 fully saturated rings. The molecule has 1 rings (SSSR count). The number of aromatic nitrogens is 1. The van der Waals surface area contributed by atoms with E-state index in [1.807, 2.05) is 17.1 Å². The summed E-state index contributed by atoms with van der Waals surface area (Å²) in [6.07, 6.45) is 0. The predicted molar refractivity (Wildman–Crippen MR) is 59.4 cm³/mol. The molecule has 0 aliphatic rings. The van der Waals surface area contributed by atoms with Crippen LogP contribution in [0.15, 0.2) is 10.4 Å². The molecular weight excluding hydrogens is 204 g/mol. The lowest BCUT2D eigenvalue weighted by Gasteiger charge is -1.91. The van der Waals surface area contributed by atoms with Gasteiger partial charge in [0.25, 0.3) is 0 Å². The first-order chi connectivity index (χ1) is 6.22. The van der Waals surface area contributed by atoms with Crippen LogP contribution in [0.1, 0.15) is 12.6 Å². The van der Waals surface area contributed by atoms with Crippen LogP contribution >= 0.6 is 23.1 Å². The monoisotopic (exact) mass is 216 g/mol. The van der Waals surface area contributed by atoms with E-state index in [2.05, 4.69) is 16.9 Å². The first kappa shape index (κ1) is 10.3. The molecule has 0 unspecified atom stereocenters. The molecule has 0 aromatic carbocycles. The van der Waals surface area contributed by atoms with Gasteiger partial charge in [0.05, 0.1) is 5.69 Å². The van der Waals surface area contributed by atoms with Crippen LogP contribution in [0.3, 0.4) is 0 Å². The van der Waals surface area contributed by atoms with Crippen molar-refractivity contribution in [1.29, 1.82) is 0 Å². The number of thiazole rings is 1. The van der Waals surface area contributed by atoms with E-state index < -0.39 is 0 Å². The maximum Gasteiger partial charge on any atom is 0.212 e. The molecule has 1 aromatic heterocycles. The third-order valence-corrected chi connectivity index (χ3v) is 2.91. The van der Waals surface area contributed by atoms with Gasteiger partial charge >= 0.3 is 0 Å². The fourth-order valence-electron chi connectivity index (χ4n) is 0.731. The number of nitrogens with zero attached hydrogens (tertiary/aromatic N) is 2. The highest BCUT2D eigenvalue weighted by Crippen LogP contribution is 2.21. The minimum atomic E-state index is 0.0593. The Morgan fingerprint density at radius 2 is 2.46 bits per heavy atom. The third-order valence-electron chi connectivity index (χ3n) is 1.22. The maximum absolute atomic E-state index is 5.22. The van der Waals surface area contributed by atoms with Gasteiger partial charge in [0.15, 0.2) is 5.96 Å². The van der Waals surface area contributed by atoms with Crippen molar-refractivity contribution >= 4 is 34.2 Å². The van der Waals surface area contributed by atoms with Crippen molar-refractivity contribution in [3.8, 4) is 0 Å². The topological polar surface area (TPSA) is 77.3 Å². The molecule has 0 atom stereocenters. The van der Waals surface area contributed by atoms with E-state index in [9.17, 15) is 0 Å². The summed E-state index contributed by atoms with van der Waals surface area (Å²) in [6.45, 7) is 2.12. The Labute approximate surface area is 85.4 Å². The third kappa shape index (κ3) is 3.65. The normalized spacial score (nSPS) is 9.92. The van der Waals surface area contributed by atoms with Crippen LogP contribution in [0.5, 0.6) is 0 Å².